The van der Waals surface area contributed by atoms with Crippen LogP contribution in [0.5, 0.6) is 0 Å². The van der Waals surface area contributed by atoms with Gasteiger partial charge < -0.3 is 15.0 Å². The number of amides is 2. The summed E-state index contributed by atoms with van der Waals surface area (Å²) in [7, 11) is 0. The zero-order valence-electron chi connectivity index (χ0n) is 14.9. The summed E-state index contributed by atoms with van der Waals surface area (Å²) in [5.41, 5.74) is 0.157. The van der Waals surface area contributed by atoms with Crippen LogP contribution in [-0.2, 0) is 4.74 Å². The Bertz CT molecular complexity index is 395. The molecule has 1 heterocycles. The van der Waals surface area contributed by atoms with Crippen molar-refractivity contribution in [3.05, 3.63) is 0 Å². The van der Waals surface area contributed by atoms with E-state index in [2.05, 4.69) is 29.0 Å². The number of hydrogen-bond donors (Lipinski definition) is 1. The predicted octanol–water partition coefficient (Wildman–Crippen LogP) is 2.60. The van der Waals surface area contributed by atoms with E-state index in [4.69, 9.17) is 4.74 Å². The summed E-state index contributed by atoms with van der Waals surface area (Å²) in [5, 5.41) is 3.30. The van der Waals surface area contributed by atoms with Gasteiger partial charge in [-0.25, -0.2) is 4.79 Å². The molecule has 1 aliphatic heterocycles. The Morgan fingerprint density at radius 3 is 2.43 bits per heavy atom. The molecule has 3 rings (SSSR count). The zero-order chi connectivity index (χ0) is 16.3. The number of urea groups is 1. The van der Waals surface area contributed by atoms with Crippen LogP contribution in [0.15, 0.2) is 0 Å². The van der Waals surface area contributed by atoms with E-state index in [0.29, 0.717) is 6.04 Å². The third-order valence-corrected chi connectivity index (χ3v) is 5.77. The standard InChI is InChI=1S/C18H33N3O2/c1-15(2)21(16-6-7-16)17(22)19-14-18(8-4-3-5-9-18)20-10-12-23-13-11-20/h15-16H,3-14H2,1-2H3,(H,19,22). The highest BCUT2D eigenvalue weighted by molar-refractivity contribution is 5.75. The molecule has 3 fully saturated rings. The predicted molar refractivity (Wildman–Crippen MR) is 91.6 cm³/mol. The van der Waals surface area contributed by atoms with Crippen LogP contribution in [0.1, 0.15) is 58.8 Å². The van der Waals surface area contributed by atoms with Gasteiger partial charge in [0.2, 0.25) is 0 Å². The molecular formula is C18H33N3O2. The minimum atomic E-state index is 0.140. The van der Waals surface area contributed by atoms with Gasteiger partial charge in [0, 0.05) is 37.3 Å². The normalized spacial score (nSPS) is 25.3. The Hall–Kier alpha value is -0.810. The van der Waals surface area contributed by atoms with Gasteiger partial charge >= 0.3 is 6.03 Å². The lowest BCUT2D eigenvalue weighted by atomic mass is 9.80. The van der Waals surface area contributed by atoms with Crippen molar-refractivity contribution in [2.75, 3.05) is 32.8 Å². The van der Waals surface area contributed by atoms with Crippen LogP contribution in [0.4, 0.5) is 4.79 Å². The van der Waals surface area contributed by atoms with Gasteiger partial charge in [-0.3, -0.25) is 4.90 Å². The lowest BCUT2D eigenvalue weighted by Crippen LogP contribution is -2.61. The summed E-state index contributed by atoms with van der Waals surface area (Å²) >= 11 is 0. The first-order valence-corrected chi connectivity index (χ1v) is 9.51. The van der Waals surface area contributed by atoms with E-state index < -0.39 is 0 Å². The molecule has 2 amide bonds. The van der Waals surface area contributed by atoms with Crippen molar-refractivity contribution >= 4 is 6.03 Å². The molecule has 0 atom stereocenters. The fourth-order valence-electron chi connectivity index (χ4n) is 4.36. The van der Waals surface area contributed by atoms with Crippen LogP contribution < -0.4 is 5.32 Å². The molecule has 23 heavy (non-hydrogen) atoms. The molecule has 0 aromatic rings. The molecule has 2 aliphatic carbocycles. The summed E-state index contributed by atoms with van der Waals surface area (Å²) in [5.74, 6) is 0. The minimum absolute atomic E-state index is 0.140. The van der Waals surface area contributed by atoms with Crippen LogP contribution in [0.25, 0.3) is 0 Å². The topological polar surface area (TPSA) is 44.8 Å². The van der Waals surface area contributed by atoms with E-state index >= 15 is 0 Å². The molecule has 0 bridgehead atoms. The highest BCUT2D eigenvalue weighted by atomic mass is 16.5. The van der Waals surface area contributed by atoms with Crippen molar-refractivity contribution in [3.63, 3.8) is 0 Å². The monoisotopic (exact) mass is 323 g/mol. The average molecular weight is 323 g/mol. The number of ether oxygens (including phenoxy) is 1. The molecule has 2 saturated carbocycles. The first-order valence-electron chi connectivity index (χ1n) is 9.51. The maximum Gasteiger partial charge on any atom is 0.317 e. The molecule has 0 unspecified atom stereocenters. The quantitative estimate of drug-likeness (QED) is 0.846. The maximum absolute atomic E-state index is 12.7. The molecule has 5 nitrogen and oxygen atoms in total. The third kappa shape index (κ3) is 4.00. The summed E-state index contributed by atoms with van der Waals surface area (Å²) in [4.78, 5) is 17.3. The van der Waals surface area contributed by atoms with Crippen molar-refractivity contribution in [1.29, 1.82) is 0 Å². The van der Waals surface area contributed by atoms with E-state index in [-0.39, 0.29) is 17.6 Å². The van der Waals surface area contributed by atoms with Crippen LogP contribution in [0.3, 0.4) is 0 Å². The van der Waals surface area contributed by atoms with Gasteiger partial charge in [-0.2, -0.15) is 0 Å². The van der Waals surface area contributed by atoms with Gasteiger partial charge in [0.1, 0.15) is 0 Å². The van der Waals surface area contributed by atoms with E-state index in [0.717, 1.165) is 32.8 Å². The fraction of sp³-hybridized carbons (Fsp3) is 0.944. The number of nitrogens with zero attached hydrogens (tertiary/aromatic N) is 2. The number of carbonyl (C=O) groups excluding carboxylic acids is 1. The number of morpholine rings is 1. The van der Waals surface area contributed by atoms with Gasteiger partial charge in [-0.15, -0.1) is 0 Å². The molecule has 0 radical (unpaired) electrons. The first-order chi connectivity index (χ1) is 11.1. The van der Waals surface area contributed by atoms with Crippen LogP contribution >= 0.6 is 0 Å². The molecule has 0 aromatic carbocycles. The van der Waals surface area contributed by atoms with Gasteiger partial charge in [0.15, 0.2) is 0 Å². The molecule has 5 heteroatoms. The summed E-state index contributed by atoms with van der Waals surface area (Å²) in [6, 6.07) is 0.898. The van der Waals surface area contributed by atoms with Crippen molar-refractivity contribution < 1.29 is 9.53 Å². The fourth-order valence-corrected chi connectivity index (χ4v) is 4.36. The molecule has 0 aromatic heterocycles. The average Bonchev–Trinajstić information content (AvgIpc) is 3.39. The van der Waals surface area contributed by atoms with Gasteiger partial charge in [0.25, 0.3) is 0 Å². The minimum Gasteiger partial charge on any atom is -0.379 e. The number of nitrogens with one attached hydrogen (secondary N) is 1. The largest absolute Gasteiger partial charge is 0.379 e. The van der Waals surface area contributed by atoms with Crippen molar-refractivity contribution in [3.8, 4) is 0 Å². The molecule has 0 spiro atoms. The Kier molecular flexibility index (Phi) is 5.47. The first kappa shape index (κ1) is 17.0. The number of carbonyl (C=O) groups is 1. The SMILES string of the molecule is CC(C)N(C(=O)NCC1(N2CCOCC2)CCCCC1)C1CC1. The summed E-state index contributed by atoms with van der Waals surface area (Å²) < 4.78 is 5.53. The lowest BCUT2D eigenvalue weighted by molar-refractivity contribution is -0.0361. The van der Waals surface area contributed by atoms with Crippen molar-refractivity contribution in [1.82, 2.24) is 15.1 Å². The van der Waals surface area contributed by atoms with Crippen LogP contribution in [0.2, 0.25) is 0 Å². The second-order valence-corrected chi connectivity index (χ2v) is 7.78. The van der Waals surface area contributed by atoms with Gasteiger partial charge in [-0.05, 0) is 39.5 Å². The Morgan fingerprint density at radius 1 is 1.22 bits per heavy atom. The molecule has 3 aliphatic rings. The summed E-state index contributed by atoms with van der Waals surface area (Å²) in [6.07, 6.45) is 8.64. The van der Waals surface area contributed by atoms with E-state index in [1.54, 1.807) is 0 Å². The van der Waals surface area contributed by atoms with Gasteiger partial charge in [-0.1, -0.05) is 19.3 Å². The summed E-state index contributed by atoms with van der Waals surface area (Å²) in [6.45, 7) is 8.71. The number of hydrogen-bond acceptors (Lipinski definition) is 3. The van der Waals surface area contributed by atoms with Crippen molar-refractivity contribution in [2.24, 2.45) is 0 Å². The third-order valence-electron chi connectivity index (χ3n) is 5.77. The van der Waals surface area contributed by atoms with E-state index in [1.807, 2.05) is 0 Å². The highest BCUT2D eigenvalue weighted by Crippen LogP contribution is 2.34. The maximum atomic E-state index is 12.7. The smallest absolute Gasteiger partial charge is 0.317 e. The molecule has 1 saturated heterocycles. The van der Waals surface area contributed by atoms with E-state index in [1.165, 1.54) is 44.9 Å². The second kappa shape index (κ2) is 7.39. The Labute approximate surface area is 140 Å². The Balaban J connectivity index is 1.62. The molecular weight excluding hydrogens is 290 g/mol. The second-order valence-electron chi connectivity index (χ2n) is 7.78. The molecule has 1 N–H and O–H groups in total. The zero-order valence-corrected chi connectivity index (χ0v) is 14.9. The van der Waals surface area contributed by atoms with E-state index in [9.17, 15) is 4.79 Å². The van der Waals surface area contributed by atoms with Crippen molar-refractivity contribution in [2.45, 2.75) is 76.4 Å². The van der Waals surface area contributed by atoms with Gasteiger partial charge in [0.05, 0.1) is 13.2 Å². The Morgan fingerprint density at radius 2 is 1.87 bits per heavy atom. The molecule has 132 valence electrons. The number of rotatable bonds is 5. The lowest BCUT2D eigenvalue weighted by Gasteiger charge is -2.48. The highest BCUT2D eigenvalue weighted by Gasteiger charge is 2.40. The van der Waals surface area contributed by atoms with Crippen LogP contribution in [0, 0.1) is 0 Å². The van der Waals surface area contributed by atoms with Crippen LogP contribution in [-0.4, -0.2) is 66.3 Å².